The summed E-state index contributed by atoms with van der Waals surface area (Å²) in [4.78, 5) is 25.5. The van der Waals surface area contributed by atoms with Crippen molar-refractivity contribution in [2.45, 2.75) is 12.2 Å². The molecule has 7 heteroatoms. The second-order valence-electron chi connectivity index (χ2n) is 2.48. The smallest absolute Gasteiger partial charge is 0.350 e. The molecule has 0 aromatic heterocycles. The number of fused-ring (bicyclic) bond motifs is 1. The molecule has 3 amide bonds. The van der Waals surface area contributed by atoms with E-state index in [4.69, 9.17) is 5.21 Å². The zero-order chi connectivity index (χ0) is 8.72. The highest BCUT2D eigenvalue weighted by molar-refractivity contribution is 6.01. The van der Waals surface area contributed by atoms with E-state index >= 15 is 0 Å². The summed E-state index contributed by atoms with van der Waals surface area (Å²) in [6.07, 6.45) is 0.461. The lowest BCUT2D eigenvalue weighted by molar-refractivity contribution is -0.137. The van der Waals surface area contributed by atoms with Gasteiger partial charge in [-0.2, -0.15) is 5.06 Å². The van der Waals surface area contributed by atoms with Crippen LogP contribution in [-0.2, 0) is 4.79 Å². The van der Waals surface area contributed by atoms with Gasteiger partial charge in [-0.1, -0.05) is 0 Å². The van der Waals surface area contributed by atoms with Crippen LogP contribution in [0.1, 0.15) is 0 Å². The van der Waals surface area contributed by atoms with E-state index < -0.39 is 24.1 Å². The van der Waals surface area contributed by atoms with Gasteiger partial charge >= 0.3 is 6.03 Å². The maximum absolute atomic E-state index is 11.0. The normalized spacial score (nSPS) is 32.9. The van der Waals surface area contributed by atoms with Crippen LogP contribution in [0.25, 0.3) is 0 Å². The van der Waals surface area contributed by atoms with Gasteiger partial charge in [-0.3, -0.25) is 15.3 Å². The third-order valence-electron chi connectivity index (χ3n) is 1.75. The largest absolute Gasteiger partial charge is 0.361 e. The van der Waals surface area contributed by atoms with Gasteiger partial charge in [0.05, 0.1) is 6.34 Å². The van der Waals surface area contributed by atoms with Crippen LogP contribution in [0.15, 0.2) is 4.99 Å². The average molecular weight is 170 g/mol. The third kappa shape index (κ3) is 0.766. The van der Waals surface area contributed by atoms with Crippen molar-refractivity contribution in [1.29, 1.82) is 0 Å². The average Bonchev–Trinajstić information content (AvgIpc) is 2.48. The summed E-state index contributed by atoms with van der Waals surface area (Å²) in [6, 6.07) is -1.52. The molecule has 0 aliphatic carbocycles. The molecule has 2 aliphatic rings. The van der Waals surface area contributed by atoms with E-state index in [0.29, 0.717) is 5.06 Å². The Hall–Kier alpha value is -1.63. The number of aliphatic imine (C=N–C) groups is 1. The van der Waals surface area contributed by atoms with E-state index in [0.717, 1.165) is 0 Å². The Morgan fingerprint density at radius 3 is 3.08 bits per heavy atom. The molecule has 0 saturated carbocycles. The van der Waals surface area contributed by atoms with E-state index in [1.165, 1.54) is 6.34 Å². The van der Waals surface area contributed by atoms with Crippen LogP contribution >= 0.6 is 0 Å². The number of nitrogens with one attached hydrogen (secondary N) is 2. The number of urea groups is 1. The Kier molecular flexibility index (Phi) is 1.28. The Morgan fingerprint density at radius 2 is 2.33 bits per heavy atom. The number of hydrogen-bond donors (Lipinski definition) is 3. The van der Waals surface area contributed by atoms with Crippen LogP contribution in [0, 0.1) is 0 Å². The molecular weight excluding hydrogens is 164 g/mol. The van der Waals surface area contributed by atoms with Crippen molar-refractivity contribution in [2.75, 3.05) is 0 Å². The molecule has 0 bridgehead atoms. The summed E-state index contributed by atoms with van der Waals surface area (Å²) in [6.45, 7) is 0. The van der Waals surface area contributed by atoms with Crippen LogP contribution in [0.3, 0.4) is 0 Å². The van der Waals surface area contributed by atoms with Gasteiger partial charge in [0.25, 0.3) is 5.91 Å². The molecule has 1 fully saturated rings. The van der Waals surface area contributed by atoms with Crippen molar-refractivity contribution >= 4 is 18.3 Å². The summed E-state index contributed by atoms with van der Waals surface area (Å²) in [5, 5.41) is 14.0. The molecule has 2 atom stereocenters. The minimum atomic E-state index is -0.845. The lowest BCUT2D eigenvalue weighted by Gasteiger charge is -2.29. The number of rotatable bonds is 0. The second kappa shape index (κ2) is 2.18. The molecule has 2 heterocycles. The van der Waals surface area contributed by atoms with Gasteiger partial charge in [0.2, 0.25) is 0 Å². The Morgan fingerprint density at radius 1 is 1.58 bits per heavy atom. The fourth-order valence-corrected chi connectivity index (χ4v) is 1.15. The number of carbonyl (C=O) groups excluding carboxylic acids is 2. The Labute approximate surface area is 67.0 Å². The number of carbonyl (C=O) groups is 2. The standard InChI is InChI=1S/C5H6N4O3/c10-4-2-3(7-1-6-2)9(12)5(11)8-4/h1-3,12H,(H,6,7)(H,8,10,11). The van der Waals surface area contributed by atoms with Crippen molar-refractivity contribution in [3.8, 4) is 0 Å². The second-order valence-corrected chi connectivity index (χ2v) is 2.48. The van der Waals surface area contributed by atoms with E-state index in [1.54, 1.807) is 0 Å². The van der Waals surface area contributed by atoms with Gasteiger partial charge in [-0.05, 0) is 0 Å². The first-order valence-corrected chi connectivity index (χ1v) is 3.31. The van der Waals surface area contributed by atoms with Crippen LogP contribution < -0.4 is 10.6 Å². The molecule has 0 aromatic carbocycles. The van der Waals surface area contributed by atoms with Crippen molar-refractivity contribution in [3.63, 3.8) is 0 Å². The van der Waals surface area contributed by atoms with Crippen molar-refractivity contribution < 1.29 is 14.8 Å². The summed E-state index contributed by atoms with van der Waals surface area (Å²) in [7, 11) is 0. The fourth-order valence-electron chi connectivity index (χ4n) is 1.15. The summed E-state index contributed by atoms with van der Waals surface area (Å²) < 4.78 is 0. The van der Waals surface area contributed by atoms with E-state index in [2.05, 4.69) is 10.3 Å². The van der Waals surface area contributed by atoms with Gasteiger partial charge < -0.3 is 5.32 Å². The van der Waals surface area contributed by atoms with Gasteiger partial charge in [-0.15, -0.1) is 0 Å². The molecule has 0 radical (unpaired) electrons. The van der Waals surface area contributed by atoms with Crippen molar-refractivity contribution in [1.82, 2.24) is 15.7 Å². The summed E-state index contributed by atoms with van der Waals surface area (Å²) in [5.74, 6) is -0.479. The molecule has 12 heavy (non-hydrogen) atoms. The van der Waals surface area contributed by atoms with Crippen LogP contribution in [0.4, 0.5) is 4.79 Å². The lowest BCUT2D eigenvalue weighted by Crippen LogP contribution is -2.62. The van der Waals surface area contributed by atoms with E-state index in [1.807, 2.05) is 5.32 Å². The summed E-state index contributed by atoms with van der Waals surface area (Å²) in [5.41, 5.74) is 0. The molecular formula is C5H6N4O3. The van der Waals surface area contributed by atoms with Crippen LogP contribution in [0.5, 0.6) is 0 Å². The molecule has 3 N–H and O–H groups in total. The Bertz CT molecular complexity index is 276. The summed E-state index contributed by atoms with van der Waals surface area (Å²) >= 11 is 0. The van der Waals surface area contributed by atoms with Crippen LogP contribution in [0.2, 0.25) is 0 Å². The van der Waals surface area contributed by atoms with E-state index in [9.17, 15) is 9.59 Å². The number of nitrogens with zero attached hydrogens (tertiary/aromatic N) is 2. The van der Waals surface area contributed by atoms with Gasteiger partial charge in [0.15, 0.2) is 12.2 Å². The SMILES string of the molecule is O=C1NC(=O)N(O)C2N=CNC12. The predicted molar refractivity (Wildman–Crippen MR) is 36.4 cm³/mol. The predicted octanol–water partition coefficient (Wildman–Crippen LogP) is -1.75. The minimum Gasteiger partial charge on any atom is -0.361 e. The first kappa shape index (κ1) is 7.04. The first-order chi connectivity index (χ1) is 5.70. The third-order valence-corrected chi connectivity index (χ3v) is 1.75. The molecule has 2 unspecified atom stereocenters. The zero-order valence-electron chi connectivity index (χ0n) is 5.89. The molecule has 7 nitrogen and oxygen atoms in total. The highest BCUT2D eigenvalue weighted by Gasteiger charge is 2.42. The maximum Gasteiger partial charge on any atom is 0.350 e. The van der Waals surface area contributed by atoms with Crippen molar-refractivity contribution in [3.05, 3.63) is 0 Å². The maximum atomic E-state index is 11.0. The fraction of sp³-hybridized carbons (Fsp3) is 0.400. The monoisotopic (exact) mass is 170 g/mol. The topological polar surface area (TPSA) is 94.0 Å². The van der Waals surface area contributed by atoms with Gasteiger partial charge in [-0.25, -0.2) is 9.79 Å². The number of amides is 3. The number of imide groups is 1. The quantitative estimate of drug-likeness (QED) is 0.376. The first-order valence-electron chi connectivity index (χ1n) is 3.31. The highest BCUT2D eigenvalue weighted by atomic mass is 16.5. The molecule has 0 spiro atoms. The lowest BCUT2D eigenvalue weighted by atomic mass is 10.2. The number of hydroxylamine groups is 2. The zero-order valence-corrected chi connectivity index (χ0v) is 5.89. The molecule has 2 rings (SSSR count). The number of hydrogen-bond acceptors (Lipinski definition) is 5. The molecule has 1 saturated heterocycles. The van der Waals surface area contributed by atoms with Gasteiger partial charge in [0.1, 0.15) is 0 Å². The van der Waals surface area contributed by atoms with Gasteiger partial charge in [0, 0.05) is 0 Å². The minimum absolute atomic E-state index is 0.391. The van der Waals surface area contributed by atoms with Crippen molar-refractivity contribution in [2.24, 2.45) is 4.99 Å². The highest BCUT2D eigenvalue weighted by Crippen LogP contribution is 2.12. The van der Waals surface area contributed by atoms with Crippen LogP contribution in [-0.4, -0.2) is 40.8 Å². The molecule has 2 aliphatic heterocycles. The van der Waals surface area contributed by atoms with E-state index in [-0.39, 0.29) is 0 Å². The molecule has 64 valence electrons. The molecule has 0 aromatic rings. The Balaban J connectivity index is 2.27.